The predicted molar refractivity (Wildman–Crippen MR) is 51.4 cm³/mol. The molecule has 0 saturated carbocycles. The summed E-state index contributed by atoms with van der Waals surface area (Å²) < 4.78 is 1.93. The van der Waals surface area contributed by atoms with Crippen LogP contribution in [0.2, 0.25) is 0 Å². The molecule has 0 amide bonds. The summed E-state index contributed by atoms with van der Waals surface area (Å²) in [6, 6.07) is 9.95. The Balaban J connectivity index is 2.39. The average Bonchev–Trinajstić information content (AvgIpc) is 2.05. The van der Waals surface area contributed by atoms with Crippen LogP contribution in [0.4, 0.5) is 5.69 Å². The van der Waals surface area contributed by atoms with E-state index in [2.05, 4.69) is 10.9 Å². The molecular weight excluding hydrogens is 150 g/mol. The molecule has 0 radical (unpaired) electrons. The molecule has 0 unspecified atom stereocenters. The van der Waals surface area contributed by atoms with Gasteiger partial charge in [0.15, 0.2) is 0 Å². The van der Waals surface area contributed by atoms with E-state index in [4.69, 9.17) is 0 Å². The summed E-state index contributed by atoms with van der Waals surface area (Å²) in [6.07, 6.45) is 1.84. The van der Waals surface area contributed by atoms with Crippen molar-refractivity contribution >= 4 is 12.0 Å². The number of hydrazine groups is 1. The minimum absolute atomic E-state index is 1.05. The van der Waals surface area contributed by atoms with Crippen LogP contribution >= 0.6 is 0 Å². The Labute approximate surface area is 72.7 Å². The molecule has 0 atom stereocenters. The maximum absolute atomic E-state index is 3.03. The SMILES string of the molecule is C[N+](C)=CNNc1ccccc1. The fraction of sp³-hybridized carbons (Fsp3) is 0.222. The summed E-state index contributed by atoms with van der Waals surface area (Å²) in [5.41, 5.74) is 7.03. The van der Waals surface area contributed by atoms with Crippen molar-refractivity contribution in [3.8, 4) is 0 Å². The van der Waals surface area contributed by atoms with E-state index in [9.17, 15) is 0 Å². The molecule has 0 saturated heterocycles. The lowest BCUT2D eigenvalue weighted by molar-refractivity contribution is -0.461. The quantitative estimate of drug-likeness (QED) is 0.300. The number of rotatable bonds is 3. The number of hydrogen-bond acceptors (Lipinski definition) is 1. The molecule has 1 aromatic carbocycles. The number of nitrogens with zero attached hydrogens (tertiary/aromatic N) is 1. The van der Waals surface area contributed by atoms with Crippen LogP contribution in [0.3, 0.4) is 0 Å². The highest BCUT2D eigenvalue weighted by atomic mass is 15.4. The average molecular weight is 164 g/mol. The first kappa shape index (κ1) is 8.59. The second-order valence-corrected chi connectivity index (χ2v) is 2.73. The van der Waals surface area contributed by atoms with Gasteiger partial charge in [0.25, 0.3) is 6.34 Å². The molecule has 3 nitrogen and oxygen atoms in total. The Morgan fingerprint density at radius 2 is 1.83 bits per heavy atom. The van der Waals surface area contributed by atoms with Gasteiger partial charge in [0, 0.05) is 0 Å². The molecule has 3 heteroatoms. The van der Waals surface area contributed by atoms with Crippen molar-refractivity contribution in [3.05, 3.63) is 30.3 Å². The molecule has 2 N–H and O–H groups in total. The monoisotopic (exact) mass is 164 g/mol. The molecule has 0 spiro atoms. The van der Waals surface area contributed by atoms with Crippen LogP contribution in [0.1, 0.15) is 0 Å². The highest BCUT2D eigenvalue weighted by molar-refractivity contribution is 5.53. The lowest BCUT2D eigenvalue weighted by atomic mass is 10.3. The highest BCUT2D eigenvalue weighted by Gasteiger charge is 1.87. The molecule has 1 aromatic rings. The summed E-state index contributed by atoms with van der Waals surface area (Å²) in [5.74, 6) is 0. The zero-order chi connectivity index (χ0) is 8.81. The Hall–Kier alpha value is -1.51. The van der Waals surface area contributed by atoms with Crippen molar-refractivity contribution in [2.75, 3.05) is 19.5 Å². The van der Waals surface area contributed by atoms with Crippen molar-refractivity contribution in [2.24, 2.45) is 0 Å². The van der Waals surface area contributed by atoms with Gasteiger partial charge in [-0.05, 0) is 12.1 Å². The summed E-state index contributed by atoms with van der Waals surface area (Å²) in [4.78, 5) is 0. The minimum Gasteiger partial charge on any atom is -0.272 e. The summed E-state index contributed by atoms with van der Waals surface area (Å²) in [5, 5.41) is 0. The van der Waals surface area contributed by atoms with Crippen LogP contribution in [0.5, 0.6) is 0 Å². The molecule has 0 fully saturated rings. The number of hydrogen-bond donors (Lipinski definition) is 2. The van der Waals surface area contributed by atoms with Crippen molar-refractivity contribution < 1.29 is 4.58 Å². The maximum Gasteiger partial charge on any atom is 0.254 e. The van der Waals surface area contributed by atoms with Crippen LogP contribution in [0.25, 0.3) is 0 Å². The van der Waals surface area contributed by atoms with Gasteiger partial charge in [-0.2, -0.15) is 5.43 Å². The topological polar surface area (TPSA) is 27.1 Å². The van der Waals surface area contributed by atoms with Gasteiger partial charge in [-0.15, -0.1) is 0 Å². The van der Waals surface area contributed by atoms with Crippen LogP contribution in [0.15, 0.2) is 30.3 Å². The van der Waals surface area contributed by atoms with E-state index >= 15 is 0 Å². The number of benzene rings is 1. The van der Waals surface area contributed by atoms with Crippen molar-refractivity contribution in [1.82, 2.24) is 5.43 Å². The first-order valence-electron chi connectivity index (χ1n) is 3.85. The van der Waals surface area contributed by atoms with Crippen molar-refractivity contribution in [2.45, 2.75) is 0 Å². The third-order valence-electron chi connectivity index (χ3n) is 1.31. The second-order valence-electron chi connectivity index (χ2n) is 2.73. The van der Waals surface area contributed by atoms with Gasteiger partial charge in [-0.3, -0.25) is 4.58 Å². The second kappa shape index (κ2) is 4.38. The molecular formula is C9H14N3+. The minimum atomic E-state index is 1.05. The van der Waals surface area contributed by atoms with E-state index in [1.54, 1.807) is 0 Å². The van der Waals surface area contributed by atoms with Gasteiger partial charge in [0.1, 0.15) is 0 Å². The van der Waals surface area contributed by atoms with Crippen LogP contribution in [0, 0.1) is 0 Å². The van der Waals surface area contributed by atoms with Gasteiger partial charge >= 0.3 is 0 Å². The third kappa shape index (κ3) is 3.05. The van der Waals surface area contributed by atoms with Gasteiger partial charge in [0.2, 0.25) is 0 Å². The van der Waals surface area contributed by atoms with E-state index in [-0.39, 0.29) is 0 Å². The molecule has 1 rings (SSSR count). The van der Waals surface area contributed by atoms with E-state index in [1.807, 2.05) is 55.3 Å². The van der Waals surface area contributed by atoms with Gasteiger partial charge < -0.3 is 0 Å². The van der Waals surface area contributed by atoms with Crippen molar-refractivity contribution in [3.63, 3.8) is 0 Å². The lowest BCUT2D eigenvalue weighted by Gasteiger charge is -1.98. The fourth-order valence-electron chi connectivity index (χ4n) is 0.766. The lowest BCUT2D eigenvalue weighted by Crippen LogP contribution is -2.23. The maximum atomic E-state index is 3.03. The van der Waals surface area contributed by atoms with Gasteiger partial charge in [-0.1, -0.05) is 18.2 Å². The molecule has 64 valence electrons. The van der Waals surface area contributed by atoms with E-state index < -0.39 is 0 Å². The van der Waals surface area contributed by atoms with Crippen molar-refractivity contribution in [1.29, 1.82) is 0 Å². The zero-order valence-electron chi connectivity index (χ0n) is 7.41. The molecule has 0 aliphatic heterocycles. The Morgan fingerprint density at radius 3 is 2.42 bits per heavy atom. The Bertz CT molecular complexity index is 250. The van der Waals surface area contributed by atoms with Crippen LogP contribution in [-0.2, 0) is 0 Å². The smallest absolute Gasteiger partial charge is 0.254 e. The number of para-hydroxylation sites is 1. The summed E-state index contributed by atoms with van der Waals surface area (Å²) in [7, 11) is 3.92. The van der Waals surface area contributed by atoms with E-state index in [0.717, 1.165) is 5.69 Å². The van der Waals surface area contributed by atoms with E-state index in [1.165, 1.54) is 0 Å². The fourth-order valence-corrected chi connectivity index (χ4v) is 0.766. The number of anilines is 1. The van der Waals surface area contributed by atoms with E-state index in [0.29, 0.717) is 0 Å². The Morgan fingerprint density at radius 1 is 1.17 bits per heavy atom. The third-order valence-corrected chi connectivity index (χ3v) is 1.31. The van der Waals surface area contributed by atoms with Gasteiger partial charge in [-0.25, -0.2) is 5.43 Å². The summed E-state index contributed by atoms with van der Waals surface area (Å²) >= 11 is 0. The number of nitrogens with one attached hydrogen (secondary N) is 2. The molecule has 12 heavy (non-hydrogen) atoms. The zero-order valence-corrected chi connectivity index (χ0v) is 7.41. The first-order valence-corrected chi connectivity index (χ1v) is 3.85. The molecule has 0 heterocycles. The van der Waals surface area contributed by atoms with Crippen LogP contribution in [-0.4, -0.2) is 25.0 Å². The molecule has 0 bridgehead atoms. The van der Waals surface area contributed by atoms with Gasteiger partial charge in [0.05, 0.1) is 19.8 Å². The predicted octanol–water partition coefficient (Wildman–Crippen LogP) is 0.903. The summed E-state index contributed by atoms with van der Waals surface area (Å²) in [6.45, 7) is 0. The highest BCUT2D eigenvalue weighted by Crippen LogP contribution is 2.01. The van der Waals surface area contributed by atoms with Crippen LogP contribution < -0.4 is 10.9 Å². The molecule has 0 aliphatic rings. The first-order chi connectivity index (χ1) is 5.79. The normalized spacial score (nSPS) is 8.83. The molecule has 0 aromatic heterocycles. The standard InChI is InChI=1S/C9H13N3/c1-12(2)8-10-11-9-6-4-3-5-7-9/h3-8,11H,1-2H3/p+1. The largest absolute Gasteiger partial charge is 0.272 e. The molecule has 0 aliphatic carbocycles. The Kier molecular flexibility index (Phi) is 3.14.